The fraction of sp³-hybridized carbons (Fsp3) is 0.444. The molecule has 0 fully saturated rings. The van der Waals surface area contributed by atoms with Gasteiger partial charge in [0.2, 0.25) is 0 Å². The summed E-state index contributed by atoms with van der Waals surface area (Å²) >= 11 is 0. The Labute approximate surface area is 104 Å². The maximum Gasteiger partial charge on any atom is 2.00 e. The van der Waals surface area contributed by atoms with Crippen LogP contribution in [0.2, 0.25) is 0 Å². The molecule has 0 saturated heterocycles. The number of halogens is 2. The molecule has 0 aliphatic heterocycles. The van der Waals surface area contributed by atoms with Crippen LogP contribution in [0, 0.1) is 12.0 Å². The minimum absolute atomic E-state index is 0. The molecule has 0 unspecified atom stereocenters. The monoisotopic (exact) mass is 242 g/mol. The van der Waals surface area contributed by atoms with Gasteiger partial charge in [0.1, 0.15) is 0 Å². The molecule has 0 radical (unpaired) electrons. The van der Waals surface area contributed by atoms with Crippen molar-refractivity contribution in [2.45, 2.75) is 27.2 Å². The Morgan fingerprint density at radius 2 is 1.58 bits per heavy atom. The molecule has 70 valence electrons. The van der Waals surface area contributed by atoms with Crippen molar-refractivity contribution in [3.05, 3.63) is 30.2 Å². The molecular weight excluding hydrogens is 227 g/mol. The van der Waals surface area contributed by atoms with Gasteiger partial charge in [-0.3, -0.25) is 6.08 Å². The van der Waals surface area contributed by atoms with E-state index in [9.17, 15) is 0 Å². The smallest absolute Gasteiger partial charge is 0.323 e. The van der Waals surface area contributed by atoms with Crippen LogP contribution in [-0.2, 0) is 21.7 Å². The van der Waals surface area contributed by atoms with E-state index in [2.05, 4.69) is 32.9 Å². The zero-order valence-electron chi connectivity index (χ0n) is 7.76. The first-order valence-electron chi connectivity index (χ1n) is 3.22. The number of hydrogen-bond acceptors (Lipinski definition) is 0. The van der Waals surface area contributed by atoms with Gasteiger partial charge in [0.25, 0.3) is 0 Å². The van der Waals surface area contributed by atoms with Gasteiger partial charge in [0.15, 0.2) is 0 Å². The van der Waals surface area contributed by atoms with Gasteiger partial charge in [-0.15, -0.1) is 31.2 Å². The maximum atomic E-state index is 2.99. The molecule has 12 heavy (non-hydrogen) atoms. The fourth-order valence-corrected chi connectivity index (χ4v) is 0.340. The van der Waals surface area contributed by atoms with E-state index in [1.54, 1.807) is 0 Å². The Balaban J connectivity index is -0.0000000436. The van der Waals surface area contributed by atoms with Crippen molar-refractivity contribution in [3.8, 4) is 0 Å². The van der Waals surface area contributed by atoms with Crippen LogP contribution in [0.1, 0.15) is 27.2 Å². The zero-order chi connectivity index (χ0) is 7.11. The summed E-state index contributed by atoms with van der Waals surface area (Å²) < 4.78 is 0. The molecule has 1 aliphatic carbocycles. The molecule has 0 aromatic carbocycles. The van der Waals surface area contributed by atoms with E-state index in [-0.39, 0.29) is 46.5 Å². The molecule has 0 saturated carbocycles. The van der Waals surface area contributed by atoms with E-state index in [1.165, 1.54) is 5.92 Å². The van der Waals surface area contributed by atoms with Crippen LogP contribution in [0.25, 0.3) is 0 Å². The third-order valence-corrected chi connectivity index (χ3v) is 0.586. The van der Waals surface area contributed by atoms with Crippen LogP contribution in [0.4, 0.5) is 0 Å². The fourth-order valence-electron chi connectivity index (χ4n) is 0.340. The van der Waals surface area contributed by atoms with Crippen LogP contribution in [0.15, 0.2) is 18.2 Å². The topological polar surface area (TPSA) is 0 Å². The quantitative estimate of drug-likeness (QED) is 0.448. The zero-order valence-corrected chi connectivity index (χ0v) is 11.0. The summed E-state index contributed by atoms with van der Waals surface area (Å²) in [5.74, 6) is 1.42. The molecule has 0 aromatic heterocycles. The number of hydrogen-bond donors (Lipinski definition) is 0. The first kappa shape index (κ1) is 23.0. The van der Waals surface area contributed by atoms with Crippen molar-refractivity contribution in [3.63, 3.8) is 0 Å². The molecule has 1 aliphatic rings. The van der Waals surface area contributed by atoms with E-state index in [4.69, 9.17) is 0 Å². The van der Waals surface area contributed by atoms with Crippen LogP contribution in [0.3, 0.4) is 0 Å². The van der Waals surface area contributed by atoms with Gasteiger partial charge in [-0.1, -0.05) is 0 Å². The van der Waals surface area contributed by atoms with E-state index in [0.717, 1.165) is 6.42 Å². The molecule has 0 bridgehead atoms. The van der Waals surface area contributed by atoms with E-state index in [0.29, 0.717) is 0 Å². The second-order valence-corrected chi connectivity index (χ2v) is 2.50. The number of rotatable bonds is 0. The maximum absolute atomic E-state index is 2.99. The minimum Gasteiger partial charge on any atom is -0.323 e. The van der Waals surface area contributed by atoms with Crippen LogP contribution in [-0.4, -0.2) is 0 Å². The van der Waals surface area contributed by atoms with Crippen molar-refractivity contribution in [1.82, 2.24) is 0 Å². The standard InChI is InChI=1S/C5H5.C4H9.2ClH.Ti/c1-2-4-5-3-1;1-4(2)3;;;/h1-3H,4H2;1-3H3;2*1H;/q2*-1;;;+2. The van der Waals surface area contributed by atoms with Gasteiger partial charge in [0, 0.05) is 0 Å². The predicted octanol–water partition coefficient (Wildman–Crippen LogP) is 3.77. The molecular formula is C9H16Cl2Ti. The first-order valence-corrected chi connectivity index (χ1v) is 3.22. The summed E-state index contributed by atoms with van der Waals surface area (Å²) in [4.78, 5) is 0. The van der Waals surface area contributed by atoms with Gasteiger partial charge in [-0.2, -0.15) is 26.8 Å². The molecule has 3 heteroatoms. The second kappa shape index (κ2) is 17.8. The van der Waals surface area contributed by atoms with Gasteiger partial charge >= 0.3 is 21.7 Å². The first-order chi connectivity index (χ1) is 4.23. The van der Waals surface area contributed by atoms with Crippen molar-refractivity contribution in [2.75, 3.05) is 0 Å². The normalized spacial score (nSPS) is 10.3. The van der Waals surface area contributed by atoms with E-state index in [1.807, 2.05) is 12.2 Å². The van der Waals surface area contributed by atoms with Gasteiger partial charge in [0.05, 0.1) is 0 Å². The molecule has 1 rings (SSSR count). The molecule has 0 atom stereocenters. The van der Waals surface area contributed by atoms with Gasteiger partial charge in [-0.05, 0) is 0 Å². The molecule has 0 aromatic rings. The summed E-state index contributed by atoms with van der Waals surface area (Å²) in [5.41, 5.74) is 0. The third-order valence-electron chi connectivity index (χ3n) is 0.586. The van der Waals surface area contributed by atoms with Crippen LogP contribution >= 0.6 is 24.8 Å². The van der Waals surface area contributed by atoms with Crippen molar-refractivity contribution >= 4 is 24.8 Å². The molecule has 0 spiro atoms. The van der Waals surface area contributed by atoms with Gasteiger partial charge in [-0.25, -0.2) is 12.2 Å². The average molecular weight is 243 g/mol. The van der Waals surface area contributed by atoms with E-state index < -0.39 is 0 Å². The Morgan fingerprint density at radius 1 is 1.17 bits per heavy atom. The third kappa shape index (κ3) is 30.9. The largest absolute Gasteiger partial charge is 2.00 e. The Hall–Kier alpha value is 0.774. The second-order valence-electron chi connectivity index (χ2n) is 2.50. The Morgan fingerprint density at radius 3 is 1.67 bits per heavy atom. The summed E-state index contributed by atoms with van der Waals surface area (Å²) in [7, 11) is 0. The van der Waals surface area contributed by atoms with Crippen molar-refractivity contribution < 1.29 is 21.7 Å². The SMILES string of the molecule is C[C-](C)C.Cl.Cl.[C-]1=CC=CC1.[Ti+2]. The summed E-state index contributed by atoms with van der Waals surface area (Å²) in [6.45, 7) is 6.25. The summed E-state index contributed by atoms with van der Waals surface area (Å²) in [6.07, 6.45) is 10.0. The summed E-state index contributed by atoms with van der Waals surface area (Å²) in [5, 5.41) is 0. The van der Waals surface area contributed by atoms with Crippen molar-refractivity contribution in [2.24, 2.45) is 0 Å². The average Bonchev–Trinajstić information content (AvgIpc) is 2.11. The van der Waals surface area contributed by atoms with E-state index >= 15 is 0 Å². The number of allylic oxidation sites excluding steroid dienone is 4. The summed E-state index contributed by atoms with van der Waals surface area (Å²) in [6, 6.07) is 0. The Bertz CT molecular complexity index is 96.3. The molecule has 0 nitrogen and oxygen atoms in total. The van der Waals surface area contributed by atoms with Crippen LogP contribution in [0.5, 0.6) is 0 Å². The minimum atomic E-state index is 0. The van der Waals surface area contributed by atoms with Gasteiger partial charge < -0.3 is 5.92 Å². The Kier molecular flexibility index (Phi) is 34.0. The molecule has 0 N–H and O–H groups in total. The predicted molar refractivity (Wildman–Crippen MR) is 56.3 cm³/mol. The molecule has 0 heterocycles. The van der Waals surface area contributed by atoms with Crippen LogP contribution < -0.4 is 0 Å². The van der Waals surface area contributed by atoms with Crippen molar-refractivity contribution in [1.29, 1.82) is 0 Å². The molecule has 0 amide bonds.